The van der Waals surface area contributed by atoms with Gasteiger partial charge in [0.05, 0.1) is 18.4 Å². The van der Waals surface area contributed by atoms with Crippen molar-refractivity contribution >= 4 is 29.1 Å². The van der Waals surface area contributed by atoms with Crippen molar-refractivity contribution in [1.82, 2.24) is 10.2 Å². The average molecular weight is 361 g/mol. The maximum Gasteiger partial charge on any atom is 0.337 e. The van der Waals surface area contributed by atoms with Gasteiger partial charge in [-0.3, -0.25) is 0 Å². The highest BCUT2D eigenvalue weighted by atomic mass is 35.5. The molecule has 1 aliphatic rings. The van der Waals surface area contributed by atoms with Crippen LogP contribution in [0.25, 0.3) is 0 Å². The van der Waals surface area contributed by atoms with E-state index in [9.17, 15) is 4.79 Å². The van der Waals surface area contributed by atoms with Crippen LogP contribution in [-0.4, -0.2) is 36.4 Å². The van der Waals surface area contributed by atoms with E-state index in [2.05, 4.69) is 22.0 Å². The van der Waals surface area contributed by atoms with E-state index in [0.29, 0.717) is 16.5 Å². The Balaban J connectivity index is 1.86. The number of rotatable bonds is 3. The van der Waals surface area contributed by atoms with E-state index in [-0.39, 0.29) is 11.4 Å². The molecule has 3 rings (SSSR count). The van der Waals surface area contributed by atoms with E-state index in [4.69, 9.17) is 22.1 Å². The highest BCUT2D eigenvalue weighted by Gasteiger charge is 2.33. The predicted octanol–water partition coefficient (Wildman–Crippen LogP) is 3.06. The fourth-order valence-corrected chi connectivity index (χ4v) is 3.57. The fourth-order valence-electron chi connectivity index (χ4n) is 3.43. The Kier molecular flexibility index (Phi) is 4.81. The molecule has 1 saturated heterocycles. The normalized spacial score (nSPS) is 20.4. The van der Waals surface area contributed by atoms with Gasteiger partial charge in [-0.2, -0.15) is 0 Å². The number of anilines is 2. The molecule has 0 saturated carbocycles. The second kappa shape index (κ2) is 6.88. The summed E-state index contributed by atoms with van der Waals surface area (Å²) in [5.41, 5.74) is 8.48. The van der Waals surface area contributed by atoms with E-state index in [0.717, 1.165) is 31.6 Å². The van der Waals surface area contributed by atoms with Crippen molar-refractivity contribution < 1.29 is 9.53 Å². The van der Waals surface area contributed by atoms with Gasteiger partial charge in [0.1, 0.15) is 0 Å². The standard InChI is InChI=1S/C18H21ClN4O2/c1-18(13-6-4-12(5-7-13)17(24)25-2)8-3-9-23(11-18)14-10-15(19)21-22-16(14)20/h4-7,10H,3,8-9,11H2,1-2H3,(H2,20,22)/t18-/m0/s1. The number of nitrogen functional groups attached to an aromatic ring is 1. The Hall–Kier alpha value is -2.34. The first kappa shape index (κ1) is 17.5. The number of halogens is 1. The van der Waals surface area contributed by atoms with Crippen molar-refractivity contribution in [2.45, 2.75) is 25.2 Å². The van der Waals surface area contributed by atoms with Crippen LogP contribution in [0.15, 0.2) is 30.3 Å². The van der Waals surface area contributed by atoms with Crippen LogP contribution in [0, 0.1) is 0 Å². The summed E-state index contributed by atoms with van der Waals surface area (Å²) in [6.45, 7) is 3.90. The molecule has 1 fully saturated rings. The maximum atomic E-state index is 11.6. The topological polar surface area (TPSA) is 81.3 Å². The van der Waals surface area contributed by atoms with Crippen molar-refractivity contribution in [1.29, 1.82) is 0 Å². The van der Waals surface area contributed by atoms with Crippen LogP contribution < -0.4 is 10.6 Å². The number of methoxy groups -OCH3 is 1. The number of hydrogen-bond acceptors (Lipinski definition) is 6. The zero-order chi connectivity index (χ0) is 18.0. The Morgan fingerprint density at radius 3 is 2.72 bits per heavy atom. The zero-order valence-corrected chi connectivity index (χ0v) is 15.1. The minimum absolute atomic E-state index is 0.0604. The number of nitrogens with two attached hydrogens (primary N) is 1. The molecule has 0 radical (unpaired) electrons. The minimum Gasteiger partial charge on any atom is -0.465 e. The summed E-state index contributed by atoms with van der Waals surface area (Å²) in [4.78, 5) is 13.8. The molecule has 25 heavy (non-hydrogen) atoms. The summed E-state index contributed by atoms with van der Waals surface area (Å²) in [7, 11) is 1.38. The average Bonchev–Trinajstić information content (AvgIpc) is 2.63. The fraction of sp³-hybridized carbons (Fsp3) is 0.389. The summed E-state index contributed by atoms with van der Waals surface area (Å²) >= 11 is 5.99. The first-order valence-corrected chi connectivity index (χ1v) is 8.53. The molecule has 0 aliphatic carbocycles. The molecule has 0 amide bonds. The number of aromatic nitrogens is 2. The van der Waals surface area contributed by atoms with Gasteiger partial charge in [-0.1, -0.05) is 30.7 Å². The van der Waals surface area contributed by atoms with Crippen molar-refractivity contribution in [3.05, 3.63) is 46.6 Å². The first-order valence-electron chi connectivity index (χ1n) is 8.15. The highest BCUT2D eigenvalue weighted by molar-refractivity contribution is 6.29. The zero-order valence-electron chi connectivity index (χ0n) is 14.3. The van der Waals surface area contributed by atoms with Gasteiger partial charge in [-0.15, -0.1) is 10.2 Å². The largest absolute Gasteiger partial charge is 0.465 e. The van der Waals surface area contributed by atoms with E-state index in [1.165, 1.54) is 12.7 Å². The molecule has 1 aromatic carbocycles. The van der Waals surface area contributed by atoms with Gasteiger partial charge in [-0.25, -0.2) is 4.79 Å². The molecule has 1 aromatic heterocycles. The number of carbonyl (C=O) groups is 1. The SMILES string of the molecule is COC(=O)c1ccc([C@@]2(C)CCCN(c3cc(Cl)nnc3N)C2)cc1. The summed E-state index contributed by atoms with van der Waals surface area (Å²) in [6, 6.07) is 9.37. The molecule has 132 valence electrons. The number of nitrogens with zero attached hydrogens (tertiary/aromatic N) is 3. The van der Waals surface area contributed by atoms with Gasteiger partial charge in [0.25, 0.3) is 0 Å². The molecule has 2 aromatic rings. The van der Waals surface area contributed by atoms with E-state index in [1.54, 1.807) is 6.07 Å². The third-order valence-corrected chi connectivity index (χ3v) is 5.00. The Bertz CT molecular complexity index is 781. The molecular formula is C18H21ClN4O2. The van der Waals surface area contributed by atoms with E-state index >= 15 is 0 Å². The lowest BCUT2D eigenvalue weighted by Gasteiger charge is -2.42. The van der Waals surface area contributed by atoms with Crippen LogP contribution in [0.4, 0.5) is 11.5 Å². The smallest absolute Gasteiger partial charge is 0.337 e. The van der Waals surface area contributed by atoms with Crippen LogP contribution in [0.3, 0.4) is 0 Å². The summed E-state index contributed by atoms with van der Waals surface area (Å²) in [6.07, 6.45) is 2.07. The third kappa shape index (κ3) is 3.54. The van der Waals surface area contributed by atoms with Gasteiger partial charge in [0.2, 0.25) is 0 Å². The number of carbonyl (C=O) groups excluding carboxylic acids is 1. The molecule has 2 N–H and O–H groups in total. The number of esters is 1. The molecule has 0 bridgehead atoms. The van der Waals surface area contributed by atoms with Gasteiger partial charge in [0, 0.05) is 24.6 Å². The van der Waals surface area contributed by atoms with Crippen LogP contribution in [0.5, 0.6) is 0 Å². The van der Waals surface area contributed by atoms with Gasteiger partial charge >= 0.3 is 5.97 Å². The number of hydrogen-bond donors (Lipinski definition) is 1. The molecular weight excluding hydrogens is 340 g/mol. The van der Waals surface area contributed by atoms with Crippen LogP contribution in [0.1, 0.15) is 35.7 Å². The second-order valence-corrected chi connectivity index (χ2v) is 6.98. The quantitative estimate of drug-likeness (QED) is 0.847. The number of piperidine rings is 1. The van der Waals surface area contributed by atoms with E-state index < -0.39 is 0 Å². The van der Waals surface area contributed by atoms with E-state index in [1.807, 2.05) is 24.3 Å². The summed E-state index contributed by atoms with van der Waals surface area (Å²) in [5.74, 6) is 0.0574. The van der Waals surface area contributed by atoms with Crippen LogP contribution in [-0.2, 0) is 10.2 Å². The molecule has 0 unspecified atom stereocenters. The van der Waals surface area contributed by atoms with Crippen LogP contribution >= 0.6 is 11.6 Å². The molecule has 2 heterocycles. The Morgan fingerprint density at radius 2 is 2.04 bits per heavy atom. The first-order chi connectivity index (χ1) is 11.9. The molecule has 1 atom stereocenters. The number of benzene rings is 1. The Morgan fingerprint density at radius 1 is 1.32 bits per heavy atom. The lowest BCUT2D eigenvalue weighted by Crippen LogP contribution is -2.44. The molecule has 6 nitrogen and oxygen atoms in total. The molecule has 7 heteroatoms. The van der Waals surface area contributed by atoms with Gasteiger partial charge in [-0.05, 0) is 30.5 Å². The van der Waals surface area contributed by atoms with Crippen molar-refractivity contribution in [2.75, 3.05) is 30.8 Å². The second-order valence-electron chi connectivity index (χ2n) is 6.59. The third-order valence-electron chi connectivity index (χ3n) is 4.81. The summed E-state index contributed by atoms with van der Waals surface area (Å²) < 4.78 is 4.76. The van der Waals surface area contributed by atoms with Gasteiger partial charge in [0.15, 0.2) is 11.0 Å². The highest BCUT2D eigenvalue weighted by Crippen LogP contribution is 2.37. The number of ether oxygens (including phenoxy) is 1. The van der Waals surface area contributed by atoms with Gasteiger partial charge < -0.3 is 15.4 Å². The van der Waals surface area contributed by atoms with Crippen LogP contribution in [0.2, 0.25) is 5.15 Å². The maximum absolute atomic E-state index is 11.6. The predicted molar refractivity (Wildman–Crippen MR) is 98.0 cm³/mol. The lowest BCUT2D eigenvalue weighted by molar-refractivity contribution is 0.0600. The minimum atomic E-state index is -0.327. The molecule has 0 spiro atoms. The summed E-state index contributed by atoms with van der Waals surface area (Å²) in [5, 5.41) is 8.03. The Labute approximate surface area is 151 Å². The van der Waals surface area contributed by atoms with Crippen molar-refractivity contribution in [3.63, 3.8) is 0 Å². The van der Waals surface area contributed by atoms with Crippen molar-refractivity contribution in [3.8, 4) is 0 Å². The van der Waals surface area contributed by atoms with Crippen molar-refractivity contribution in [2.24, 2.45) is 0 Å². The monoisotopic (exact) mass is 360 g/mol. The molecule has 1 aliphatic heterocycles. The lowest BCUT2D eigenvalue weighted by atomic mass is 9.75.